The van der Waals surface area contributed by atoms with Crippen LogP contribution in [0.2, 0.25) is 0 Å². The Labute approximate surface area is 201 Å². The molecule has 0 N–H and O–H groups in total. The first kappa shape index (κ1) is 30.0. The molecule has 0 aliphatic rings. The van der Waals surface area contributed by atoms with Crippen molar-refractivity contribution in [1.29, 1.82) is 0 Å². The molecule has 0 amide bonds. The van der Waals surface area contributed by atoms with Crippen molar-refractivity contribution in [3.05, 3.63) is 34.9 Å². The van der Waals surface area contributed by atoms with E-state index in [0.29, 0.717) is 0 Å². The molecule has 0 aromatic heterocycles. The molecule has 3 nitrogen and oxygen atoms in total. The highest BCUT2D eigenvalue weighted by atomic mass is 127. The zero-order valence-electron chi connectivity index (χ0n) is 16.8. The van der Waals surface area contributed by atoms with E-state index in [4.69, 9.17) is 0 Å². The Kier molecular flexibility index (Phi) is 14.0. The molecule has 1 rings (SSSR count). The van der Waals surface area contributed by atoms with Crippen LogP contribution in [-0.4, -0.2) is 76.9 Å². The topological polar surface area (TPSA) is 0 Å². The molecule has 1 aromatic carbocycles. The third-order valence-electron chi connectivity index (χ3n) is 3.08. The Bertz CT molecular complexity index is 400. The molecule has 0 spiro atoms. The van der Waals surface area contributed by atoms with Gasteiger partial charge in [-0.25, -0.2) is 0 Å². The van der Waals surface area contributed by atoms with Crippen LogP contribution in [0.25, 0.3) is 0 Å². The lowest BCUT2D eigenvalue weighted by Gasteiger charge is -2.28. The van der Waals surface area contributed by atoms with Gasteiger partial charge in [0.25, 0.3) is 0 Å². The highest BCUT2D eigenvalue weighted by molar-refractivity contribution is 5.29. The van der Waals surface area contributed by atoms with Gasteiger partial charge in [-0.15, -0.1) is 0 Å². The zero-order valence-corrected chi connectivity index (χ0v) is 23.3. The van der Waals surface area contributed by atoms with Crippen LogP contribution in [0.5, 0.6) is 0 Å². The van der Waals surface area contributed by atoms with Crippen LogP contribution in [0, 0.1) is 0 Å². The maximum atomic E-state index is 2.40. The van der Waals surface area contributed by atoms with Crippen LogP contribution >= 0.6 is 0 Å². The van der Waals surface area contributed by atoms with E-state index < -0.39 is 0 Å². The van der Waals surface area contributed by atoms with Gasteiger partial charge < -0.3 is 85.4 Å². The van der Waals surface area contributed by atoms with Gasteiger partial charge in [-0.3, -0.25) is 0 Å². The smallest absolute Gasteiger partial charge is 0.104 e. The molecule has 24 heavy (non-hydrogen) atoms. The molecular weight excluding hydrogens is 639 g/mol. The SMILES string of the molecule is C[N+](C)(C)Cc1cc(C[N+](C)(C)C)cc(C[N+](C)(C)C)c1.[I-].[I-].[I-]. The van der Waals surface area contributed by atoms with Crippen LogP contribution in [0.3, 0.4) is 0 Å². The van der Waals surface area contributed by atoms with Crippen molar-refractivity contribution >= 4 is 0 Å². The molecule has 0 saturated carbocycles. The van der Waals surface area contributed by atoms with Crippen molar-refractivity contribution in [2.45, 2.75) is 19.6 Å². The minimum Gasteiger partial charge on any atom is -1.00 e. The van der Waals surface area contributed by atoms with Gasteiger partial charge in [0, 0.05) is 16.7 Å². The van der Waals surface area contributed by atoms with Crippen molar-refractivity contribution in [3.63, 3.8) is 0 Å². The summed E-state index contributed by atoms with van der Waals surface area (Å²) in [5.41, 5.74) is 4.37. The highest BCUT2D eigenvalue weighted by Gasteiger charge is 2.16. The van der Waals surface area contributed by atoms with Gasteiger partial charge in [0.1, 0.15) is 19.6 Å². The molecule has 0 aliphatic carbocycles. The fourth-order valence-electron chi connectivity index (χ4n) is 2.76. The summed E-state index contributed by atoms with van der Waals surface area (Å²) < 4.78 is 2.91. The molecule has 0 atom stereocenters. The number of benzene rings is 1. The first-order valence-corrected chi connectivity index (χ1v) is 7.77. The summed E-state index contributed by atoms with van der Waals surface area (Å²) in [7, 11) is 20.3. The third-order valence-corrected chi connectivity index (χ3v) is 3.08. The number of nitrogens with zero attached hydrogens (tertiary/aromatic N) is 3. The van der Waals surface area contributed by atoms with E-state index in [1.54, 1.807) is 0 Å². The first-order chi connectivity index (χ1) is 9.23. The summed E-state index contributed by atoms with van der Waals surface area (Å²) in [4.78, 5) is 0. The minimum atomic E-state index is 0. The van der Waals surface area contributed by atoms with E-state index in [2.05, 4.69) is 81.6 Å². The molecule has 1 aromatic rings. The number of halogens is 3. The Morgan fingerprint density at radius 1 is 0.458 bits per heavy atom. The lowest BCUT2D eigenvalue weighted by atomic mass is 10.0. The summed E-state index contributed by atoms with van der Waals surface area (Å²) in [6.45, 7) is 3.24. The monoisotopic (exact) mass is 675 g/mol. The van der Waals surface area contributed by atoms with E-state index in [1.807, 2.05) is 0 Å². The predicted octanol–water partition coefficient (Wildman–Crippen LogP) is -6.68. The molecule has 0 fully saturated rings. The lowest BCUT2D eigenvalue weighted by molar-refractivity contribution is -0.885. The maximum absolute atomic E-state index is 2.40. The lowest BCUT2D eigenvalue weighted by Crippen LogP contribution is -3.00. The Hall–Kier alpha value is 1.29. The number of quaternary nitrogens is 3. The average Bonchev–Trinajstić information content (AvgIpc) is 2.06. The molecule has 0 heterocycles. The van der Waals surface area contributed by atoms with Crippen molar-refractivity contribution in [2.75, 3.05) is 63.4 Å². The molecular formula is C18H36I3N3. The number of hydrogen-bond acceptors (Lipinski definition) is 0. The predicted molar refractivity (Wildman–Crippen MR) is 91.7 cm³/mol. The van der Waals surface area contributed by atoms with Gasteiger partial charge in [0.05, 0.1) is 63.4 Å². The summed E-state index contributed by atoms with van der Waals surface area (Å²) in [6, 6.07) is 7.18. The summed E-state index contributed by atoms with van der Waals surface area (Å²) >= 11 is 0. The van der Waals surface area contributed by atoms with E-state index in [9.17, 15) is 0 Å². The van der Waals surface area contributed by atoms with E-state index in [-0.39, 0.29) is 71.9 Å². The second-order valence-corrected chi connectivity index (χ2v) is 9.50. The largest absolute Gasteiger partial charge is 1.00 e. The van der Waals surface area contributed by atoms with Crippen LogP contribution in [0.15, 0.2) is 18.2 Å². The van der Waals surface area contributed by atoms with Gasteiger partial charge in [0.15, 0.2) is 0 Å². The third kappa shape index (κ3) is 14.5. The Balaban J connectivity index is -0.00000147. The van der Waals surface area contributed by atoms with Crippen molar-refractivity contribution in [2.24, 2.45) is 0 Å². The number of rotatable bonds is 6. The van der Waals surface area contributed by atoms with Gasteiger partial charge in [-0.05, 0) is 18.2 Å². The summed E-state index contributed by atoms with van der Waals surface area (Å²) in [5.74, 6) is 0. The fraction of sp³-hybridized carbons (Fsp3) is 0.667. The van der Waals surface area contributed by atoms with E-state index in [1.165, 1.54) is 16.7 Å². The maximum Gasteiger partial charge on any atom is 0.104 e. The van der Waals surface area contributed by atoms with Crippen LogP contribution in [0.1, 0.15) is 16.7 Å². The van der Waals surface area contributed by atoms with Gasteiger partial charge in [-0.1, -0.05) is 0 Å². The Morgan fingerprint density at radius 2 is 0.625 bits per heavy atom. The standard InChI is InChI=1S/C18H36N3.3HI/c1-19(2,3)13-16-10-17(14-20(4,5)6)12-18(11-16)15-21(7,8)9;;;/h10-12H,13-15H2,1-9H3;3*1H/q+3;;;/p-3. The Morgan fingerprint density at radius 3 is 0.750 bits per heavy atom. The van der Waals surface area contributed by atoms with Crippen LogP contribution < -0.4 is 71.9 Å². The molecule has 0 unspecified atom stereocenters. The summed E-state index contributed by atoms with van der Waals surface area (Å²) in [5, 5.41) is 0. The molecule has 0 radical (unpaired) electrons. The van der Waals surface area contributed by atoms with E-state index >= 15 is 0 Å². The first-order valence-electron chi connectivity index (χ1n) is 7.77. The van der Waals surface area contributed by atoms with E-state index in [0.717, 1.165) is 33.1 Å². The second kappa shape index (κ2) is 11.2. The molecule has 0 bridgehead atoms. The quantitative estimate of drug-likeness (QED) is 0.208. The average molecular weight is 675 g/mol. The molecule has 0 saturated heterocycles. The minimum absolute atomic E-state index is 0. The molecule has 6 heteroatoms. The van der Waals surface area contributed by atoms with Crippen LogP contribution in [0.4, 0.5) is 0 Å². The normalized spacial score (nSPS) is 11.9. The van der Waals surface area contributed by atoms with Crippen molar-refractivity contribution < 1.29 is 85.4 Å². The van der Waals surface area contributed by atoms with Gasteiger partial charge in [0.2, 0.25) is 0 Å². The molecule has 144 valence electrons. The van der Waals surface area contributed by atoms with Crippen molar-refractivity contribution in [1.82, 2.24) is 0 Å². The summed E-state index contributed by atoms with van der Waals surface area (Å²) in [6.07, 6.45) is 0. The second-order valence-electron chi connectivity index (χ2n) is 9.50. The highest BCUT2D eigenvalue weighted by Crippen LogP contribution is 2.18. The molecule has 0 aliphatic heterocycles. The fourth-order valence-corrected chi connectivity index (χ4v) is 2.76. The van der Waals surface area contributed by atoms with Gasteiger partial charge in [-0.2, -0.15) is 0 Å². The number of hydrogen-bond donors (Lipinski definition) is 0. The zero-order chi connectivity index (χ0) is 16.5. The van der Waals surface area contributed by atoms with Crippen molar-refractivity contribution in [3.8, 4) is 0 Å². The van der Waals surface area contributed by atoms with Crippen LogP contribution in [-0.2, 0) is 19.6 Å². The van der Waals surface area contributed by atoms with Gasteiger partial charge >= 0.3 is 0 Å².